The number of aryl methyl sites for hydroxylation is 1. The fourth-order valence-corrected chi connectivity index (χ4v) is 3.55. The van der Waals surface area contributed by atoms with E-state index in [-0.39, 0.29) is 23.0 Å². The van der Waals surface area contributed by atoms with E-state index in [0.29, 0.717) is 28.0 Å². The van der Waals surface area contributed by atoms with Gasteiger partial charge in [-0.3, -0.25) is 4.79 Å². The summed E-state index contributed by atoms with van der Waals surface area (Å²) < 4.78 is 42.9. The number of aliphatic carboxylic acids is 1. The van der Waals surface area contributed by atoms with Gasteiger partial charge in [0.2, 0.25) is 0 Å². The lowest BCUT2D eigenvalue weighted by atomic mass is 10.0. The highest BCUT2D eigenvalue weighted by atomic mass is 19.4. The van der Waals surface area contributed by atoms with E-state index in [4.69, 9.17) is 19.1 Å². The Balaban J connectivity index is 0.000000532. The van der Waals surface area contributed by atoms with Crippen molar-refractivity contribution in [2.24, 2.45) is 0 Å². The average Bonchev–Trinajstić information content (AvgIpc) is 2.88. The van der Waals surface area contributed by atoms with Gasteiger partial charge in [0, 0.05) is 29.7 Å². The molecule has 1 unspecified atom stereocenters. The molecule has 204 valence electrons. The molecule has 0 saturated heterocycles. The zero-order valence-electron chi connectivity index (χ0n) is 20.7. The molecule has 0 aliphatic carbocycles. The number of hydrogen-bond donors (Lipinski definition) is 3. The van der Waals surface area contributed by atoms with Crippen LogP contribution in [0.5, 0.6) is 6.01 Å². The molecule has 0 fully saturated rings. The average molecular weight is 545 g/mol. The maximum absolute atomic E-state index is 12.9. The van der Waals surface area contributed by atoms with Crippen LogP contribution >= 0.6 is 0 Å². The smallest absolute Gasteiger partial charge is 0.478 e. The van der Waals surface area contributed by atoms with E-state index in [1.165, 1.54) is 31.6 Å². The van der Waals surface area contributed by atoms with Crippen LogP contribution in [0.15, 0.2) is 64.1 Å². The van der Waals surface area contributed by atoms with Gasteiger partial charge in [0.1, 0.15) is 11.3 Å². The van der Waals surface area contributed by atoms with Gasteiger partial charge in [-0.1, -0.05) is 18.2 Å². The molecule has 0 saturated carbocycles. The van der Waals surface area contributed by atoms with Gasteiger partial charge >= 0.3 is 24.1 Å². The number of halogens is 3. The van der Waals surface area contributed by atoms with Crippen LogP contribution in [0, 0.1) is 6.92 Å². The molecular formula is C26H22F3N3O7. The Morgan fingerprint density at radius 2 is 1.69 bits per heavy atom. The Morgan fingerprint density at radius 3 is 2.26 bits per heavy atom. The predicted molar refractivity (Wildman–Crippen MR) is 134 cm³/mol. The van der Waals surface area contributed by atoms with Crippen LogP contribution in [-0.2, 0) is 4.79 Å². The van der Waals surface area contributed by atoms with Crippen molar-refractivity contribution < 1.29 is 42.1 Å². The molecule has 0 spiro atoms. The van der Waals surface area contributed by atoms with Gasteiger partial charge in [0.15, 0.2) is 5.43 Å². The van der Waals surface area contributed by atoms with Gasteiger partial charge < -0.3 is 24.7 Å². The Bertz CT molecular complexity index is 1570. The van der Waals surface area contributed by atoms with E-state index in [9.17, 15) is 27.9 Å². The number of fused-ring (bicyclic) bond motifs is 1. The lowest BCUT2D eigenvalue weighted by Gasteiger charge is -2.19. The number of anilines is 1. The molecular weight excluding hydrogens is 523 g/mol. The minimum absolute atomic E-state index is 0.161. The summed E-state index contributed by atoms with van der Waals surface area (Å²) in [5.74, 6) is -3.45. The second kappa shape index (κ2) is 11.6. The molecule has 4 aromatic rings. The molecule has 0 aliphatic heterocycles. The normalized spacial score (nSPS) is 11.7. The third-order valence-corrected chi connectivity index (χ3v) is 5.34. The minimum Gasteiger partial charge on any atom is -0.478 e. The molecule has 4 rings (SSSR count). The van der Waals surface area contributed by atoms with Crippen molar-refractivity contribution in [3.8, 4) is 17.3 Å². The summed E-state index contributed by atoms with van der Waals surface area (Å²) in [4.78, 5) is 41.5. The fourth-order valence-electron chi connectivity index (χ4n) is 3.55. The van der Waals surface area contributed by atoms with Gasteiger partial charge in [-0.15, -0.1) is 0 Å². The van der Waals surface area contributed by atoms with Gasteiger partial charge in [-0.25, -0.2) is 19.6 Å². The van der Waals surface area contributed by atoms with E-state index in [2.05, 4.69) is 15.3 Å². The molecule has 0 bridgehead atoms. The maximum atomic E-state index is 12.9. The third kappa shape index (κ3) is 6.89. The van der Waals surface area contributed by atoms with Crippen molar-refractivity contribution in [1.29, 1.82) is 0 Å². The zero-order valence-corrected chi connectivity index (χ0v) is 20.7. The van der Waals surface area contributed by atoms with Crippen LogP contribution in [-0.4, -0.2) is 45.4 Å². The summed E-state index contributed by atoms with van der Waals surface area (Å²) in [5, 5.41) is 20.3. The van der Waals surface area contributed by atoms with Crippen LogP contribution in [0.25, 0.3) is 22.3 Å². The van der Waals surface area contributed by atoms with Crippen LogP contribution in [0.4, 0.5) is 18.9 Å². The third-order valence-electron chi connectivity index (χ3n) is 5.34. The number of ether oxygens (including phenoxy) is 1. The van der Waals surface area contributed by atoms with Gasteiger partial charge in [-0.05, 0) is 37.6 Å². The Labute approximate surface area is 218 Å². The number of nitrogens with one attached hydrogen (secondary N) is 1. The van der Waals surface area contributed by atoms with Crippen molar-refractivity contribution in [3.63, 3.8) is 0 Å². The van der Waals surface area contributed by atoms with Crippen molar-refractivity contribution in [2.75, 3.05) is 12.4 Å². The zero-order chi connectivity index (χ0) is 28.9. The van der Waals surface area contributed by atoms with E-state index in [1.54, 1.807) is 24.3 Å². The second-order valence-corrected chi connectivity index (χ2v) is 8.18. The number of carboxylic acid groups (broad SMARTS) is 2. The molecule has 2 heterocycles. The molecule has 1 atom stereocenters. The van der Waals surface area contributed by atoms with E-state index in [0.717, 1.165) is 11.1 Å². The first kappa shape index (κ1) is 28.6. The molecule has 13 heteroatoms. The first-order chi connectivity index (χ1) is 18.3. The van der Waals surface area contributed by atoms with Gasteiger partial charge in [0.25, 0.3) is 0 Å². The lowest BCUT2D eigenvalue weighted by molar-refractivity contribution is -0.192. The predicted octanol–water partition coefficient (Wildman–Crippen LogP) is 5.07. The number of benzene rings is 2. The number of aromatic nitrogens is 2. The maximum Gasteiger partial charge on any atom is 0.490 e. The number of alkyl halides is 3. The Hall–Kier alpha value is -4.94. The van der Waals surface area contributed by atoms with Gasteiger partial charge in [-0.2, -0.15) is 13.2 Å². The number of rotatable bonds is 6. The largest absolute Gasteiger partial charge is 0.490 e. The molecule has 10 nitrogen and oxygen atoms in total. The first-order valence-electron chi connectivity index (χ1n) is 11.2. The number of aromatic carboxylic acids is 1. The molecule has 3 N–H and O–H groups in total. The second-order valence-electron chi connectivity index (χ2n) is 8.18. The summed E-state index contributed by atoms with van der Waals surface area (Å²) in [6.07, 6.45) is -2.04. The summed E-state index contributed by atoms with van der Waals surface area (Å²) >= 11 is 0. The summed E-state index contributed by atoms with van der Waals surface area (Å²) in [6.45, 7) is 3.78. The SMILES string of the molecule is COc1ncc(-c2cc(=O)c3cc(C)cc(C(C)Nc4ccccc4C(=O)O)c3o2)cn1.O=C(O)C(F)(F)F. The molecule has 2 aromatic heterocycles. The van der Waals surface area contributed by atoms with Crippen molar-refractivity contribution in [1.82, 2.24) is 9.97 Å². The quantitative estimate of drug-likeness (QED) is 0.299. The van der Waals surface area contributed by atoms with E-state index < -0.39 is 18.1 Å². The number of carbonyl (C=O) groups is 2. The number of methoxy groups -OCH3 is 1. The van der Waals surface area contributed by atoms with E-state index >= 15 is 0 Å². The number of nitrogens with zero attached hydrogens (tertiary/aromatic N) is 2. The highest BCUT2D eigenvalue weighted by Gasteiger charge is 2.38. The van der Waals surface area contributed by atoms with Crippen LogP contribution in [0.3, 0.4) is 0 Å². The highest BCUT2D eigenvalue weighted by molar-refractivity contribution is 5.94. The summed E-state index contributed by atoms with van der Waals surface area (Å²) in [5.41, 5.74) is 3.02. The molecule has 0 aliphatic rings. The molecule has 0 amide bonds. The number of para-hydroxylation sites is 1. The van der Waals surface area contributed by atoms with Crippen LogP contribution < -0.4 is 15.5 Å². The fraction of sp³-hybridized carbons (Fsp3) is 0.192. The van der Waals surface area contributed by atoms with Crippen molar-refractivity contribution in [3.05, 3.63) is 81.8 Å². The number of hydrogen-bond acceptors (Lipinski definition) is 8. The lowest BCUT2D eigenvalue weighted by Crippen LogP contribution is -2.21. The Morgan fingerprint density at radius 1 is 1.08 bits per heavy atom. The van der Waals surface area contributed by atoms with Crippen LogP contribution in [0.1, 0.15) is 34.5 Å². The minimum atomic E-state index is -5.08. The van der Waals surface area contributed by atoms with Gasteiger partial charge in [0.05, 0.1) is 29.7 Å². The highest BCUT2D eigenvalue weighted by Crippen LogP contribution is 2.31. The summed E-state index contributed by atoms with van der Waals surface area (Å²) in [6, 6.07) is 11.6. The molecule has 0 radical (unpaired) electrons. The van der Waals surface area contributed by atoms with Crippen molar-refractivity contribution in [2.45, 2.75) is 26.1 Å². The molecule has 39 heavy (non-hydrogen) atoms. The number of carboxylic acids is 2. The standard InChI is InChI=1S/C24H21N3O5.C2HF3O2/c1-13-8-17(14(2)27-19-7-5-4-6-16(19)23(29)30)22-18(9-13)20(28)10-21(32-22)15-11-25-24(31-3)26-12-15;3-2(4,5)1(6)7/h4-12,14,27H,1-3H3,(H,29,30);(H,6,7). The van der Waals surface area contributed by atoms with Crippen molar-refractivity contribution >= 4 is 28.6 Å². The van der Waals surface area contributed by atoms with Crippen LogP contribution in [0.2, 0.25) is 0 Å². The monoisotopic (exact) mass is 545 g/mol. The summed E-state index contributed by atoms with van der Waals surface area (Å²) in [7, 11) is 1.47. The Kier molecular flexibility index (Phi) is 8.54. The van der Waals surface area contributed by atoms with E-state index in [1.807, 2.05) is 19.9 Å². The molecule has 2 aromatic carbocycles. The first-order valence-corrected chi connectivity index (χ1v) is 11.2. The topological polar surface area (TPSA) is 152 Å².